The molecule has 0 radical (unpaired) electrons. The van der Waals surface area contributed by atoms with Crippen LogP contribution in [0.3, 0.4) is 0 Å². The predicted octanol–water partition coefficient (Wildman–Crippen LogP) is 3.79. The zero-order valence-electron chi connectivity index (χ0n) is 12.8. The molecule has 2 nitrogen and oxygen atoms in total. The lowest BCUT2D eigenvalue weighted by molar-refractivity contribution is 0.525. The normalized spacial score (nSPS) is 15.0. The van der Waals surface area contributed by atoms with Gasteiger partial charge in [-0.1, -0.05) is 49.4 Å². The van der Waals surface area contributed by atoms with E-state index in [4.69, 9.17) is 0 Å². The topological polar surface area (TPSA) is 15.3 Å². The van der Waals surface area contributed by atoms with Crippen LogP contribution in [-0.4, -0.2) is 19.6 Å². The first-order valence-corrected chi connectivity index (χ1v) is 7.96. The van der Waals surface area contributed by atoms with Crippen LogP contribution < -0.4 is 10.2 Å². The molecule has 1 heterocycles. The van der Waals surface area contributed by atoms with E-state index < -0.39 is 0 Å². The van der Waals surface area contributed by atoms with E-state index in [1.165, 1.54) is 23.2 Å². The molecule has 1 saturated heterocycles. The van der Waals surface area contributed by atoms with E-state index >= 15 is 0 Å². The van der Waals surface area contributed by atoms with E-state index in [2.05, 4.69) is 71.7 Å². The maximum atomic E-state index is 3.44. The Bertz CT molecular complexity index is 542. The summed E-state index contributed by atoms with van der Waals surface area (Å²) in [5.41, 5.74) is 4.18. The summed E-state index contributed by atoms with van der Waals surface area (Å²) in [6, 6.07) is 19.8. The molecule has 1 aliphatic heterocycles. The summed E-state index contributed by atoms with van der Waals surface area (Å²) in [5, 5.41) is 3.44. The van der Waals surface area contributed by atoms with Crippen molar-refractivity contribution in [1.82, 2.24) is 5.32 Å². The third kappa shape index (κ3) is 3.45. The van der Waals surface area contributed by atoms with E-state index in [1.54, 1.807) is 0 Å². The highest BCUT2D eigenvalue weighted by Crippen LogP contribution is 2.31. The standard InChI is InChI=1S/C19H24N2/c1-2-12-20-13-16-8-10-19(11-9-16)21-14-18(15-21)17-6-4-3-5-7-17/h3-11,18,20H,2,12-15H2,1H3. The number of hydrogen-bond acceptors (Lipinski definition) is 2. The summed E-state index contributed by atoms with van der Waals surface area (Å²) in [4.78, 5) is 2.46. The van der Waals surface area contributed by atoms with E-state index in [1.807, 2.05) is 0 Å². The number of nitrogens with one attached hydrogen (secondary N) is 1. The summed E-state index contributed by atoms with van der Waals surface area (Å²) >= 11 is 0. The van der Waals surface area contributed by atoms with Gasteiger partial charge in [0, 0.05) is 31.2 Å². The van der Waals surface area contributed by atoms with Crippen molar-refractivity contribution in [1.29, 1.82) is 0 Å². The summed E-state index contributed by atoms with van der Waals surface area (Å²) in [6.07, 6.45) is 1.19. The first kappa shape index (κ1) is 14.2. The van der Waals surface area contributed by atoms with Crippen LogP contribution in [0.5, 0.6) is 0 Å². The van der Waals surface area contributed by atoms with Crippen LogP contribution >= 0.6 is 0 Å². The fourth-order valence-electron chi connectivity index (χ4n) is 2.86. The third-order valence-corrected chi connectivity index (χ3v) is 4.21. The van der Waals surface area contributed by atoms with Crippen LogP contribution in [0.4, 0.5) is 5.69 Å². The van der Waals surface area contributed by atoms with Crippen molar-refractivity contribution in [3.8, 4) is 0 Å². The Balaban J connectivity index is 1.52. The van der Waals surface area contributed by atoms with Crippen LogP contribution in [-0.2, 0) is 6.54 Å². The SMILES string of the molecule is CCCNCc1ccc(N2CC(c3ccccc3)C2)cc1. The maximum Gasteiger partial charge on any atom is 0.0366 e. The number of rotatable bonds is 6. The monoisotopic (exact) mass is 280 g/mol. The van der Waals surface area contributed by atoms with Gasteiger partial charge < -0.3 is 10.2 Å². The Morgan fingerprint density at radius 2 is 1.71 bits per heavy atom. The van der Waals surface area contributed by atoms with E-state index in [0.717, 1.165) is 26.2 Å². The smallest absolute Gasteiger partial charge is 0.0366 e. The Labute approximate surface area is 127 Å². The second-order valence-electron chi connectivity index (χ2n) is 5.86. The Morgan fingerprint density at radius 3 is 2.38 bits per heavy atom. The molecule has 2 heteroatoms. The third-order valence-electron chi connectivity index (χ3n) is 4.21. The molecule has 0 aliphatic carbocycles. The van der Waals surface area contributed by atoms with Crippen molar-refractivity contribution in [3.05, 3.63) is 65.7 Å². The molecular formula is C19H24N2. The lowest BCUT2D eigenvalue weighted by Gasteiger charge is -2.41. The minimum absolute atomic E-state index is 0.692. The molecule has 0 aromatic heterocycles. The Hall–Kier alpha value is -1.80. The minimum Gasteiger partial charge on any atom is -0.370 e. The molecule has 1 aliphatic rings. The van der Waals surface area contributed by atoms with Crippen LogP contribution in [0.2, 0.25) is 0 Å². The summed E-state index contributed by atoms with van der Waals surface area (Å²) in [6.45, 7) is 6.53. The van der Waals surface area contributed by atoms with Gasteiger partial charge in [0.2, 0.25) is 0 Å². The van der Waals surface area contributed by atoms with Gasteiger partial charge in [-0.05, 0) is 36.2 Å². The molecule has 3 rings (SSSR count). The molecule has 21 heavy (non-hydrogen) atoms. The molecular weight excluding hydrogens is 256 g/mol. The summed E-state index contributed by atoms with van der Waals surface area (Å²) in [5.74, 6) is 0.692. The summed E-state index contributed by atoms with van der Waals surface area (Å²) in [7, 11) is 0. The highest BCUT2D eigenvalue weighted by atomic mass is 15.2. The second-order valence-corrected chi connectivity index (χ2v) is 5.86. The zero-order valence-corrected chi connectivity index (χ0v) is 12.8. The fourth-order valence-corrected chi connectivity index (χ4v) is 2.86. The second kappa shape index (κ2) is 6.77. The molecule has 1 fully saturated rings. The van der Waals surface area contributed by atoms with Gasteiger partial charge in [0.15, 0.2) is 0 Å². The maximum absolute atomic E-state index is 3.44. The molecule has 1 N–H and O–H groups in total. The molecule has 2 aromatic carbocycles. The molecule has 0 atom stereocenters. The molecule has 0 bridgehead atoms. The number of hydrogen-bond donors (Lipinski definition) is 1. The largest absolute Gasteiger partial charge is 0.370 e. The Kier molecular flexibility index (Phi) is 4.56. The molecule has 0 unspecified atom stereocenters. The number of nitrogens with zero attached hydrogens (tertiary/aromatic N) is 1. The average molecular weight is 280 g/mol. The van der Waals surface area contributed by atoms with Gasteiger partial charge >= 0.3 is 0 Å². The van der Waals surface area contributed by atoms with Crippen molar-refractivity contribution >= 4 is 5.69 Å². The van der Waals surface area contributed by atoms with E-state index in [9.17, 15) is 0 Å². The number of anilines is 1. The van der Waals surface area contributed by atoms with Gasteiger partial charge in [-0.15, -0.1) is 0 Å². The highest BCUT2D eigenvalue weighted by Gasteiger charge is 2.27. The van der Waals surface area contributed by atoms with Crippen LogP contribution in [0.1, 0.15) is 30.4 Å². The van der Waals surface area contributed by atoms with Crippen molar-refractivity contribution in [2.45, 2.75) is 25.8 Å². The Morgan fingerprint density at radius 1 is 1.00 bits per heavy atom. The first-order chi connectivity index (χ1) is 10.4. The zero-order chi connectivity index (χ0) is 14.5. The molecule has 0 spiro atoms. The van der Waals surface area contributed by atoms with Crippen LogP contribution in [0.15, 0.2) is 54.6 Å². The quantitative estimate of drug-likeness (QED) is 0.810. The van der Waals surface area contributed by atoms with Crippen molar-refractivity contribution < 1.29 is 0 Å². The molecule has 0 saturated carbocycles. The van der Waals surface area contributed by atoms with Gasteiger partial charge in [-0.2, -0.15) is 0 Å². The van der Waals surface area contributed by atoms with Gasteiger partial charge in [0.1, 0.15) is 0 Å². The number of benzene rings is 2. The minimum atomic E-state index is 0.692. The van der Waals surface area contributed by atoms with Crippen molar-refractivity contribution in [3.63, 3.8) is 0 Å². The molecule has 0 amide bonds. The lowest BCUT2D eigenvalue weighted by Crippen LogP contribution is -2.45. The van der Waals surface area contributed by atoms with Crippen LogP contribution in [0, 0.1) is 0 Å². The van der Waals surface area contributed by atoms with Gasteiger partial charge in [-0.25, -0.2) is 0 Å². The van der Waals surface area contributed by atoms with Gasteiger partial charge in [0.25, 0.3) is 0 Å². The van der Waals surface area contributed by atoms with Gasteiger partial charge in [-0.3, -0.25) is 0 Å². The predicted molar refractivity (Wildman–Crippen MR) is 89.8 cm³/mol. The summed E-state index contributed by atoms with van der Waals surface area (Å²) < 4.78 is 0. The lowest BCUT2D eigenvalue weighted by atomic mass is 9.91. The molecule has 110 valence electrons. The first-order valence-electron chi connectivity index (χ1n) is 7.96. The van der Waals surface area contributed by atoms with E-state index in [-0.39, 0.29) is 0 Å². The van der Waals surface area contributed by atoms with Gasteiger partial charge in [0.05, 0.1) is 0 Å². The average Bonchev–Trinajstić information content (AvgIpc) is 2.49. The van der Waals surface area contributed by atoms with Crippen molar-refractivity contribution in [2.75, 3.05) is 24.5 Å². The molecule has 2 aromatic rings. The van der Waals surface area contributed by atoms with E-state index in [0.29, 0.717) is 5.92 Å². The van der Waals surface area contributed by atoms with Crippen LogP contribution in [0.25, 0.3) is 0 Å². The highest BCUT2D eigenvalue weighted by molar-refractivity contribution is 5.51. The fraction of sp³-hybridized carbons (Fsp3) is 0.368. The van der Waals surface area contributed by atoms with Crippen molar-refractivity contribution in [2.24, 2.45) is 0 Å².